The van der Waals surface area contributed by atoms with E-state index in [4.69, 9.17) is 14.2 Å². The molecule has 3 rings (SSSR count). The number of nitrogens with one attached hydrogen (secondary N) is 1. The summed E-state index contributed by atoms with van der Waals surface area (Å²) in [6, 6.07) is 10.8. The van der Waals surface area contributed by atoms with Gasteiger partial charge in [0.05, 0.1) is 38.3 Å². The molecular weight excluding hydrogens is 401 g/mol. The van der Waals surface area contributed by atoms with Gasteiger partial charge >= 0.3 is 0 Å². The van der Waals surface area contributed by atoms with Crippen molar-refractivity contribution in [2.75, 3.05) is 26.6 Å². The first-order valence-corrected chi connectivity index (χ1v) is 9.65. The Hall–Kier alpha value is -3.55. The van der Waals surface area contributed by atoms with Crippen LogP contribution in [-0.4, -0.2) is 37.0 Å². The molecule has 1 heterocycles. The number of rotatable bonds is 6. The first kappa shape index (κ1) is 22.1. The average molecular weight is 427 g/mol. The lowest BCUT2D eigenvalue weighted by Gasteiger charge is -2.14. The molecule has 7 nitrogen and oxygen atoms in total. The molecule has 0 saturated heterocycles. The molecule has 1 amide bonds. The third-order valence-electron chi connectivity index (χ3n) is 4.74. The molecule has 0 aliphatic carbocycles. The van der Waals surface area contributed by atoms with Crippen molar-refractivity contribution in [1.82, 2.24) is 9.78 Å². The Morgan fingerprint density at radius 3 is 2.06 bits per heavy atom. The van der Waals surface area contributed by atoms with Gasteiger partial charge in [-0.2, -0.15) is 5.10 Å². The number of carbonyl (C=O) groups excluding carboxylic acids is 1. The van der Waals surface area contributed by atoms with Crippen LogP contribution < -0.4 is 19.5 Å². The summed E-state index contributed by atoms with van der Waals surface area (Å²) in [6.45, 7) is 6.06. The van der Waals surface area contributed by atoms with Crippen LogP contribution in [0.2, 0.25) is 0 Å². The zero-order chi connectivity index (χ0) is 22.8. The number of methoxy groups -OCH3 is 3. The number of amides is 1. The molecule has 2 aromatic carbocycles. The summed E-state index contributed by atoms with van der Waals surface area (Å²) in [5.41, 5.74) is 1.40. The molecule has 31 heavy (non-hydrogen) atoms. The van der Waals surface area contributed by atoms with Crippen molar-refractivity contribution in [3.05, 3.63) is 59.5 Å². The molecule has 0 spiro atoms. The SMILES string of the molecule is COc1cc(OC)c(C(=O)Nc2cc(C(C)(C)C)nn2-c2ccc(F)cc2)cc1OC. The minimum atomic E-state index is -0.415. The monoisotopic (exact) mass is 427 g/mol. The fraction of sp³-hybridized carbons (Fsp3) is 0.304. The number of carbonyl (C=O) groups is 1. The number of hydrogen-bond acceptors (Lipinski definition) is 5. The van der Waals surface area contributed by atoms with Gasteiger partial charge in [-0.1, -0.05) is 20.8 Å². The first-order chi connectivity index (χ1) is 14.7. The van der Waals surface area contributed by atoms with Crippen LogP contribution in [-0.2, 0) is 5.41 Å². The molecule has 0 aliphatic rings. The van der Waals surface area contributed by atoms with E-state index in [2.05, 4.69) is 10.4 Å². The van der Waals surface area contributed by atoms with Gasteiger partial charge in [-0.05, 0) is 24.3 Å². The van der Waals surface area contributed by atoms with Crippen LogP contribution in [0.3, 0.4) is 0 Å². The maximum Gasteiger partial charge on any atom is 0.260 e. The summed E-state index contributed by atoms with van der Waals surface area (Å²) in [6.07, 6.45) is 0. The third kappa shape index (κ3) is 4.63. The van der Waals surface area contributed by atoms with E-state index in [1.54, 1.807) is 35.0 Å². The quantitative estimate of drug-likeness (QED) is 0.623. The van der Waals surface area contributed by atoms with Crippen LogP contribution in [0.15, 0.2) is 42.5 Å². The Morgan fingerprint density at radius 2 is 1.52 bits per heavy atom. The van der Waals surface area contributed by atoms with E-state index in [9.17, 15) is 9.18 Å². The van der Waals surface area contributed by atoms with Crippen molar-refractivity contribution in [2.45, 2.75) is 26.2 Å². The maximum absolute atomic E-state index is 13.4. The van der Waals surface area contributed by atoms with Crippen LogP contribution in [0.5, 0.6) is 17.2 Å². The Bertz CT molecular complexity index is 1090. The highest BCUT2D eigenvalue weighted by atomic mass is 19.1. The fourth-order valence-electron chi connectivity index (χ4n) is 3.01. The maximum atomic E-state index is 13.4. The number of benzene rings is 2. The molecular formula is C23H26FN3O4. The van der Waals surface area contributed by atoms with Crippen molar-refractivity contribution < 1.29 is 23.4 Å². The second-order valence-electron chi connectivity index (χ2n) is 7.91. The highest BCUT2D eigenvalue weighted by molar-refractivity contribution is 6.06. The van der Waals surface area contributed by atoms with E-state index in [0.29, 0.717) is 28.8 Å². The minimum absolute atomic E-state index is 0.258. The molecule has 3 aromatic rings. The minimum Gasteiger partial charge on any atom is -0.496 e. The normalized spacial score (nSPS) is 11.2. The Kier molecular flexibility index (Phi) is 6.19. The molecule has 0 fully saturated rings. The van der Waals surface area contributed by atoms with Crippen molar-refractivity contribution in [2.24, 2.45) is 0 Å². The summed E-state index contributed by atoms with van der Waals surface area (Å²) in [4.78, 5) is 13.2. The van der Waals surface area contributed by atoms with Crippen LogP contribution in [0.25, 0.3) is 5.69 Å². The highest BCUT2D eigenvalue weighted by Crippen LogP contribution is 2.35. The lowest BCUT2D eigenvalue weighted by molar-refractivity contribution is 0.102. The molecule has 1 N–H and O–H groups in total. The molecule has 0 unspecified atom stereocenters. The van der Waals surface area contributed by atoms with Crippen molar-refractivity contribution in [1.29, 1.82) is 0 Å². The summed E-state index contributed by atoms with van der Waals surface area (Å²) in [5, 5.41) is 7.52. The van der Waals surface area contributed by atoms with E-state index in [1.165, 1.54) is 33.5 Å². The van der Waals surface area contributed by atoms with Gasteiger partial charge in [0.15, 0.2) is 11.5 Å². The first-order valence-electron chi connectivity index (χ1n) is 9.65. The zero-order valence-electron chi connectivity index (χ0n) is 18.4. The molecule has 1 aromatic heterocycles. The van der Waals surface area contributed by atoms with Gasteiger partial charge in [0.25, 0.3) is 5.91 Å². The number of hydrogen-bond donors (Lipinski definition) is 1. The van der Waals surface area contributed by atoms with Crippen LogP contribution in [0.1, 0.15) is 36.8 Å². The highest BCUT2D eigenvalue weighted by Gasteiger charge is 2.23. The summed E-state index contributed by atoms with van der Waals surface area (Å²) in [5.74, 6) is 0.852. The van der Waals surface area contributed by atoms with Gasteiger partial charge in [-0.15, -0.1) is 0 Å². The third-order valence-corrected chi connectivity index (χ3v) is 4.74. The number of aromatic nitrogens is 2. The summed E-state index contributed by atoms with van der Waals surface area (Å²) < 4.78 is 31.0. The van der Waals surface area contributed by atoms with Crippen LogP contribution >= 0.6 is 0 Å². The van der Waals surface area contributed by atoms with Gasteiger partial charge in [0.2, 0.25) is 0 Å². The lowest BCUT2D eigenvalue weighted by Crippen LogP contribution is -2.16. The van der Waals surface area contributed by atoms with E-state index < -0.39 is 5.91 Å². The number of nitrogens with zero attached hydrogens (tertiary/aromatic N) is 2. The van der Waals surface area contributed by atoms with Gasteiger partial charge < -0.3 is 19.5 Å². The van der Waals surface area contributed by atoms with Gasteiger partial charge in [0, 0.05) is 23.6 Å². The van der Waals surface area contributed by atoms with Gasteiger partial charge in [-0.3, -0.25) is 4.79 Å². The summed E-state index contributed by atoms with van der Waals surface area (Å²) >= 11 is 0. The Labute approximate surface area is 180 Å². The molecule has 164 valence electrons. The molecule has 0 saturated carbocycles. The molecule has 0 atom stereocenters. The number of ether oxygens (including phenoxy) is 3. The summed E-state index contributed by atoms with van der Waals surface area (Å²) in [7, 11) is 4.47. The van der Waals surface area contributed by atoms with E-state index in [1.807, 2.05) is 20.8 Å². The fourth-order valence-corrected chi connectivity index (χ4v) is 3.01. The Morgan fingerprint density at radius 1 is 0.935 bits per heavy atom. The standard InChI is InChI=1S/C23H26FN3O4/c1-23(2,3)20-13-21(27(26-20)15-9-7-14(24)8-10-15)25-22(28)16-11-18(30-5)19(31-6)12-17(16)29-4/h7-13H,1-6H3,(H,25,28). The second kappa shape index (κ2) is 8.67. The van der Waals surface area contributed by atoms with E-state index in [-0.39, 0.29) is 16.8 Å². The molecule has 0 aliphatic heterocycles. The average Bonchev–Trinajstić information content (AvgIpc) is 3.17. The molecule has 0 bridgehead atoms. The van der Waals surface area contributed by atoms with Gasteiger partial charge in [-0.25, -0.2) is 9.07 Å². The van der Waals surface area contributed by atoms with Crippen molar-refractivity contribution in [3.8, 4) is 22.9 Å². The number of anilines is 1. The van der Waals surface area contributed by atoms with Crippen molar-refractivity contribution in [3.63, 3.8) is 0 Å². The van der Waals surface area contributed by atoms with E-state index >= 15 is 0 Å². The molecule has 8 heteroatoms. The number of halogens is 1. The topological polar surface area (TPSA) is 74.6 Å². The van der Waals surface area contributed by atoms with Crippen LogP contribution in [0.4, 0.5) is 10.2 Å². The van der Waals surface area contributed by atoms with Gasteiger partial charge in [0.1, 0.15) is 17.4 Å². The lowest BCUT2D eigenvalue weighted by atomic mass is 9.92. The predicted molar refractivity (Wildman–Crippen MR) is 116 cm³/mol. The second-order valence-corrected chi connectivity index (χ2v) is 7.91. The zero-order valence-corrected chi connectivity index (χ0v) is 18.4. The Balaban J connectivity index is 2.05. The van der Waals surface area contributed by atoms with Crippen LogP contribution in [0, 0.1) is 5.82 Å². The van der Waals surface area contributed by atoms with Crippen molar-refractivity contribution >= 4 is 11.7 Å². The molecule has 0 radical (unpaired) electrons. The predicted octanol–water partition coefficient (Wildman–Crippen LogP) is 4.59. The smallest absolute Gasteiger partial charge is 0.260 e. The van der Waals surface area contributed by atoms with E-state index in [0.717, 1.165) is 5.69 Å². The largest absolute Gasteiger partial charge is 0.496 e.